The molecular formula is C15H16N4OS. The predicted molar refractivity (Wildman–Crippen MR) is 85.0 cm³/mol. The molecule has 0 bridgehead atoms. The minimum Gasteiger partial charge on any atom is -0.343 e. The normalized spacial score (nSPS) is 30.5. The van der Waals surface area contributed by atoms with E-state index in [0.29, 0.717) is 5.11 Å². The van der Waals surface area contributed by atoms with Crippen LogP contribution in [0.25, 0.3) is 0 Å². The van der Waals surface area contributed by atoms with Crippen LogP contribution < -0.4 is 16.1 Å². The maximum absolute atomic E-state index is 12.8. The van der Waals surface area contributed by atoms with Crippen LogP contribution >= 0.6 is 12.2 Å². The first-order valence-corrected chi connectivity index (χ1v) is 7.68. The number of nitrogens with one attached hydrogen (secondary N) is 3. The maximum atomic E-state index is 12.8. The van der Waals surface area contributed by atoms with Crippen LogP contribution in [0.3, 0.4) is 0 Å². The lowest BCUT2D eigenvalue weighted by Crippen LogP contribution is -2.57. The number of amides is 1. The van der Waals surface area contributed by atoms with Crippen molar-refractivity contribution in [2.75, 3.05) is 5.32 Å². The predicted octanol–water partition coefficient (Wildman–Crippen LogP) is 1.86. The molecule has 1 fully saturated rings. The monoisotopic (exact) mass is 300 g/mol. The Hall–Kier alpha value is -1.95. The molecule has 21 heavy (non-hydrogen) atoms. The van der Waals surface area contributed by atoms with Gasteiger partial charge < -0.3 is 10.6 Å². The minimum absolute atomic E-state index is 0.0330. The second-order valence-electron chi connectivity index (χ2n) is 5.78. The molecule has 3 N–H and O–H groups in total. The summed E-state index contributed by atoms with van der Waals surface area (Å²) in [6.07, 6.45) is 4.08. The number of anilines is 1. The Balaban J connectivity index is 1.93. The number of fused-ring (bicyclic) bond motifs is 4. The zero-order valence-corrected chi connectivity index (χ0v) is 12.3. The number of benzene rings is 1. The fourth-order valence-corrected chi connectivity index (χ4v) is 3.97. The fourth-order valence-electron chi connectivity index (χ4n) is 3.76. The van der Waals surface area contributed by atoms with Crippen molar-refractivity contribution < 1.29 is 4.79 Å². The number of para-hydroxylation sites is 1. The molecule has 0 saturated heterocycles. The van der Waals surface area contributed by atoms with E-state index in [0.717, 1.165) is 42.6 Å². The number of carbonyl (C=O) groups is 1. The number of hydrazone groups is 1. The second-order valence-corrected chi connectivity index (χ2v) is 6.18. The molecule has 2 aliphatic heterocycles. The Morgan fingerprint density at radius 3 is 3.05 bits per heavy atom. The first-order chi connectivity index (χ1) is 10.2. The van der Waals surface area contributed by atoms with Gasteiger partial charge in [-0.05, 0) is 37.5 Å². The van der Waals surface area contributed by atoms with Crippen molar-refractivity contribution in [1.29, 1.82) is 0 Å². The quantitative estimate of drug-likeness (QED) is 0.640. The lowest BCUT2D eigenvalue weighted by atomic mass is 9.70. The molecule has 1 aromatic rings. The van der Waals surface area contributed by atoms with E-state index < -0.39 is 5.54 Å². The summed E-state index contributed by atoms with van der Waals surface area (Å²) in [6.45, 7) is 0. The van der Waals surface area contributed by atoms with Gasteiger partial charge in [-0.25, -0.2) is 0 Å². The molecule has 2 atom stereocenters. The maximum Gasteiger partial charge on any atom is 0.255 e. The van der Waals surface area contributed by atoms with E-state index in [1.165, 1.54) is 0 Å². The van der Waals surface area contributed by atoms with Crippen molar-refractivity contribution in [3.63, 3.8) is 0 Å². The molecule has 2 unspecified atom stereocenters. The molecule has 1 amide bonds. The third kappa shape index (κ3) is 1.72. The van der Waals surface area contributed by atoms with Crippen molar-refractivity contribution >= 4 is 34.6 Å². The summed E-state index contributed by atoms with van der Waals surface area (Å²) in [5, 5.41) is 11.1. The topological polar surface area (TPSA) is 65.5 Å². The van der Waals surface area contributed by atoms with Gasteiger partial charge in [0.2, 0.25) is 0 Å². The highest BCUT2D eigenvalue weighted by atomic mass is 32.1. The van der Waals surface area contributed by atoms with Gasteiger partial charge in [-0.3, -0.25) is 10.2 Å². The summed E-state index contributed by atoms with van der Waals surface area (Å²) >= 11 is 5.30. The van der Waals surface area contributed by atoms with Gasteiger partial charge in [0.15, 0.2) is 10.7 Å². The first-order valence-electron chi connectivity index (χ1n) is 7.27. The van der Waals surface area contributed by atoms with E-state index in [4.69, 9.17) is 12.2 Å². The van der Waals surface area contributed by atoms with Crippen LogP contribution in [0.2, 0.25) is 0 Å². The fraction of sp³-hybridized carbons (Fsp3) is 0.400. The van der Waals surface area contributed by atoms with Crippen LogP contribution in [-0.2, 0) is 10.3 Å². The smallest absolute Gasteiger partial charge is 0.255 e. The highest BCUT2D eigenvalue weighted by Gasteiger charge is 2.55. The summed E-state index contributed by atoms with van der Waals surface area (Å²) in [6, 6.07) is 7.83. The van der Waals surface area contributed by atoms with Crippen LogP contribution in [0.5, 0.6) is 0 Å². The Kier molecular flexibility index (Phi) is 2.75. The van der Waals surface area contributed by atoms with Gasteiger partial charge in [0.25, 0.3) is 5.91 Å². The number of nitrogens with zero attached hydrogens (tertiary/aromatic N) is 1. The Morgan fingerprint density at radius 2 is 2.14 bits per heavy atom. The number of carbonyl (C=O) groups excluding carboxylic acids is 1. The molecule has 0 aromatic heterocycles. The molecule has 1 spiro atoms. The minimum atomic E-state index is -0.823. The van der Waals surface area contributed by atoms with Gasteiger partial charge in [0, 0.05) is 22.9 Å². The van der Waals surface area contributed by atoms with E-state index >= 15 is 0 Å². The van der Waals surface area contributed by atoms with Gasteiger partial charge in [-0.15, -0.1) is 0 Å². The van der Waals surface area contributed by atoms with Gasteiger partial charge in [-0.1, -0.05) is 24.6 Å². The molecule has 1 saturated carbocycles. The summed E-state index contributed by atoms with van der Waals surface area (Å²) in [4.78, 5) is 12.8. The van der Waals surface area contributed by atoms with Crippen molar-refractivity contribution in [2.45, 2.75) is 31.2 Å². The Labute approximate surface area is 128 Å². The largest absolute Gasteiger partial charge is 0.343 e. The third-order valence-electron chi connectivity index (χ3n) is 4.67. The average molecular weight is 300 g/mol. The zero-order chi connectivity index (χ0) is 14.4. The molecule has 0 radical (unpaired) electrons. The molecule has 2 heterocycles. The molecule has 4 rings (SSSR count). The van der Waals surface area contributed by atoms with Crippen LogP contribution in [-0.4, -0.2) is 16.7 Å². The number of hydrogen-bond acceptors (Lipinski definition) is 3. The van der Waals surface area contributed by atoms with Gasteiger partial charge in [-0.2, -0.15) is 5.10 Å². The number of rotatable bonds is 0. The van der Waals surface area contributed by atoms with Crippen molar-refractivity contribution in [3.8, 4) is 0 Å². The standard InChI is InChI=1S/C15H16N4OS/c20-13-15(9-5-1-3-7-11(9)16-13)10-6-2-4-8-12(10)18-19-14(21)17-15/h1,3,5,7,10H,2,4,6,8H2,(H,16,20)(H2,17,19,21). The Morgan fingerprint density at radius 1 is 1.29 bits per heavy atom. The lowest BCUT2D eigenvalue weighted by Gasteiger charge is -2.37. The van der Waals surface area contributed by atoms with E-state index in [1.807, 2.05) is 24.3 Å². The van der Waals surface area contributed by atoms with Crippen molar-refractivity contribution in [1.82, 2.24) is 10.7 Å². The van der Waals surface area contributed by atoms with Gasteiger partial charge >= 0.3 is 0 Å². The SMILES string of the molecule is O=C1Nc2ccccc2C12NC(=S)NN=C1CCCCC12. The molecule has 6 heteroatoms. The van der Waals surface area contributed by atoms with Gasteiger partial charge in [0.05, 0.1) is 0 Å². The van der Waals surface area contributed by atoms with E-state index in [1.54, 1.807) is 0 Å². The van der Waals surface area contributed by atoms with Crippen LogP contribution in [0.15, 0.2) is 29.4 Å². The van der Waals surface area contributed by atoms with E-state index in [9.17, 15) is 4.79 Å². The van der Waals surface area contributed by atoms with E-state index in [2.05, 4.69) is 21.2 Å². The molecule has 5 nitrogen and oxygen atoms in total. The van der Waals surface area contributed by atoms with Crippen LogP contribution in [0.4, 0.5) is 5.69 Å². The highest BCUT2D eigenvalue weighted by molar-refractivity contribution is 7.80. The Bertz CT molecular complexity index is 671. The number of thiocarbonyl (C=S) groups is 1. The van der Waals surface area contributed by atoms with Crippen molar-refractivity contribution in [2.24, 2.45) is 11.0 Å². The summed E-state index contributed by atoms with van der Waals surface area (Å²) < 4.78 is 0. The van der Waals surface area contributed by atoms with Crippen molar-refractivity contribution in [3.05, 3.63) is 29.8 Å². The third-order valence-corrected chi connectivity index (χ3v) is 4.86. The van der Waals surface area contributed by atoms with Crippen LogP contribution in [0.1, 0.15) is 31.2 Å². The molecule has 1 aliphatic carbocycles. The van der Waals surface area contributed by atoms with Crippen LogP contribution in [0, 0.1) is 5.92 Å². The average Bonchev–Trinajstić information content (AvgIpc) is 2.68. The van der Waals surface area contributed by atoms with E-state index in [-0.39, 0.29) is 11.8 Å². The number of hydrogen-bond donors (Lipinski definition) is 3. The lowest BCUT2D eigenvalue weighted by molar-refractivity contribution is -0.122. The molecule has 3 aliphatic rings. The summed E-state index contributed by atoms with van der Waals surface area (Å²) in [5.41, 5.74) is 4.93. The first kappa shape index (κ1) is 12.8. The second kappa shape index (κ2) is 4.53. The molecule has 1 aromatic carbocycles. The molecular weight excluding hydrogens is 284 g/mol. The summed E-state index contributed by atoms with van der Waals surface area (Å²) in [5.74, 6) is 0.0113. The highest BCUT2D eigenvalue weighted by Crippen LogP contribution is 2.45. The molecule has 108 valence electrons. The summed E-state index contributed by atoms with van der Waals surface area (Å²) in [7, 11) is 0. The van der Waals surface area contributed by atoms with Gasteiger partial charge in [0.1, 0.15) is 0 Å². The zero-order valence-electron chi connectivity index (χ0n) is 11.5.